The maximum Gasteiger partial charge on any atom is 0.233 e. The molecule has 1 aliphatic heterocycles. The Kier molecular flexibility index (Phi) is 5.19. The molecule has 5 nitrogen and oxygen atoms in total. The fourth-order valence-electron chi connectivity index (χ4n) is 3.60. The lowest BCUT2D eigenvalue weighted by molar-refractivity contribution is -0.140. The van der Waals surface area contributed by atoms with Crippen LogP contribution in [0, 0.1) is 11.8 Å². The van der Waals surface area contributed by atoms with Crippen LogP contribution in [0.5, 0.6) is 0 Å². The van der Waals surface area contributed by atoms with Gasteiger partial charge in [-0.05, 0) is 30.5 Å². The molecule has 3 rings (SSSR count). The van der Waals surface area contributed by atoms with Crippen LogP contribution in [0.2, 0.25) is 5.02 Å². The quantitative estimate of drug-likeness (QED) is 0.831. The average molecular weight is 349 g/mol. The first-order valence-corrected chi connectivity index (χ1v) is 8.80. The highest BCUT2D eigenvalue weighted by Crippen LogP contribution is 2.37. The molecule has 24 heavy (non-hydrogen) atoms. The van der Waals surface area contributed by atoms with Gasteiger partial charge >= 0.3 is 0 Å². The maximum absolute atomic E-state index is 12.3. The molecular formula is C18H21ClN2O3. The molecule has 2 fully saturated rings. The van der Waals surface area contributed by atoms with E-state index in [2.05, 4.69) is 5.32 Å². The summed E-state index contributed by atoms with van der Waals surface area (Å²) in [5.74, 6) is -0.660. The Morgan fingerprint density at radius 3 is 2.46 bits per heavy atom. The number of benzene rings is 1. The van der Waals surface area contributed by atoms with Crippen LogP contribution in [-0.4, -0.2) is 29.2 Å². The van der Waals surface area contributed by atoms with Gasteiger partial charge < -0.3 is 5.32 Å². The fourth-order valence-corrected chi connectivity index (χ4v) is 3.81. The molecule has 3 amide bonds. The Morgan fingerprint density at radius 1 is 1.17 bits per heavy atom. The highest BCUT2D eigenvalue weighted by molar-refractivity contribution is 6.30. The molecule has 0 aromatic heterocycles. The van der Waals surface area contributed by atoms with Crippen molar-refractivity contribution < 1.29 is 14.4 Å². The van der Waals surface area contributed by atoms with Crippen molar-refractivity contribution in [2.75, 3.05) is 6.54 Å². The summed E-state index contributed by atoms with van der Waals surface area (Å²) in [6, 6.07) is 7.27. The normalized spacial score (nSPS) is 23.3. The molecule has 1 aliphatic carbocycles. The largest absolute Gasteiger partial charge is 0.352 e. The highest BCUT2D eigenvalue weighted by Gasteiger charge is 2.47. The predicted octanol–water partition coefficient (Wildman–Crippen LogP) is 2.52. The molecule has 1 aromatic carbocycles. The van der Waals surface area contributed by atoms with Crippen LogP contribution in [0.4, 0.5) is 0 Å². The van der Waals surface area contributed by atoms with Gasteiger partial charge in [-0.25, -0.2) is 0 Å². The number of amides is 3. The van der Waals surface area contributed by atoms with Crippen molar-refractivity contribution in [1.82, 2.24) is 10.2 Å². The Hall–Kier alpha value is -1.88. The van der Waals surface area contributed by atoms with Gasteiger partial charge in [-0.2, -0.15) is 0 Å². The van der Waals surface area contributed by atoms with Gasteiger partial charge in [0, 0.05) is 24.5 Å². The lowest BCUT2D eigenvalue weighted by atomic mass is 9.81. The van der Waals surface area contributed by atoms with Gasteiger partial charge in [-0.3, -0.25) is 19.3 Å². The summed E-state index contributed by atoms with van der Waals surface area (Å²) in [7, 11) is 0. The van der Waals surface area contributed by atoms with E-state index < -0.39 is 0 Å². The molecule has 0 bridgehead atoms. The minimum Gasteiger partial charge on any atom is -0.352 e. The van der Waals surface area contributed by atoms with Gasteiger partial charge in [-0.15, -0.1) is 0 Å². The van der Waals surface area contributed by atoms with Crippen molar-refractivity contribution in [2.24, 2.45) is 11.8 Å². The zero-order chi connectivity index (χ0) is 17.1. The number of nitrogens with zero attached hydrogens (tertiary/aromatic N) is 1. The molecule has 6 heteroatoms. The van der Waals surface area contributed by atoms with Gasteiger partial charge in [0.15, 0.2) is 0 Å². The SMILES string of the molecule is O=C(CCN1C(=O)[C@@H]2CCCC[C@H]2C1=O)NCc1cccc(Cl)c1. The summed E-state index contributed by atoms with van der Waals surface area (Å²) in [5, 5.41) is 3.42. The third-order valence-corrected chi connectivity index (χ3v) is 5.11. The lowest BCUT2D eigenvalue weighted by Gasteiger charge is -2.19. The van der Waals surface area contributed by atoms with Crippen molar-refractivity contribution in [2.45, 2.75) is 38.6 Å². The van der Waals surface area contributed by atoms with E-state index >= 15 is 0 Å². The number of fused-ring (bicyclic) bond motifs is 1. The third-order valence-electron chi connectivity index (χ3n) is 4.87. The number of likely N-dealkylation sites (tertiary alicyclic amines) is 1. The van der Waals surface area contributed by atoms with Crippen LogP contribution in [0.15, 0.2) is 24.3 Å². The number of carbonyl (C=O) groups is 3. The molecule has 0 radical (unpaired) electrons. The van der Waals surface area contributed by atoms with E-state index in [-0.39, 0.29) is 42.5 Å². The fraction of sp³-hybridized carbons (Fsp3) is 0.500. The minimum absolute atomic E-state index is 0.0904. The Bertz CT molecular complexity index is 637. The lowest BCUT2D eigenvalue weighted by Crippen LogP contribution is -2.35. The second-order valence-corrected chi connectivity index (χ2v) is 6.92. The number of rotatable bonds is 5. The standard InChI is InChI=1S/C18H21ClN2O3/c19-13-5-3-4-12(10-13)11-20-16(22)8-9-21-17(23)14-6-1-2-7-15(14)18(21)24/h3-5,10,14-15H,1-2,6-9,11H2,(H,20,22)/t14-,15-/m1/s1. The van der Waals surface area contributed by atoms with Crippen LogP contribution < -0.4 is 5.32 Å². The molecule has 1 aromatic rings. The van der Waals surface area contributed by atoms with Crippen molar-refractivity contribution >= 4 is 29.3 Å². The summed E-state index contributed by atoms with van der Waals surface area (Å²) in [6.07, 6.45) is 3.75. The van der Waals surface area contributed by atoms with Crippen molar-refractivity contribution in [3.05, 3.63) is 34.9 Å². The molecule has 2 aliphatic rings. The van der Waals surface area contributed by atoms with Crippen LogP contribution in [0.25, 0.3) is 0 Å². The van der Waals surface area contributed by atoms with E-state index in [9.17, 15) is 14.4 Å². The van der Waals surface area contributed by atoms with Gasteiger partial charge in [0.2, 0.25) is 17.7 Å². The molecule has 1 saturated heterocycles. The monoisotopic (exact) mass is 348 g/mol. The topological polar surface area (TPSA) is 66.5 Å². The molecule has 1 saturated carbocycles. The molecule has 1 heterocycles. The zero-order valence-corrected chi connectivity index (χ0v) is 14.2. The van der Waals surface area contributed by atoms with E-state index in [4.69, 9.17) is 11.6 Å². The smallest absolute Gasteiger partial charge is 0.233 e. The van der Waals surface area contributed by atoms with Crippen LogP contribution in [-0.2, 0) is 20.9 Å². The molecule has 128 valence electrons. The summed E-state index contributed by atoms with van der Waals surface area (Å²) in [6.45, 7) is 0.554. The van der Waals surface area contributed by atoms with E-state index in [1.807, 2.05) is 12.1 Å². The number of halogens is 1. The third kappa shape index (κ3) is 3.61. The first kappa shape index (κ1) is 17.0. The van der Waals surface area contributed by atoms with Gasteiger partial charge in [0.1, 0.15) is 0 Å². The first-order chi connectivity index (χ1) is 11.6. The summed E-state index contributed by atoms with van der Waals surface area (Å²) in [5.41, 5.74) is 0.912. The van der Waals surface area contributed by atoms with Crippen molar-refractivity contribution in [3.8, 4) is 0 Å². The first-order valence-electron chi connectivity index (χ1n) is 8.42. The average Bonchev–Trinajstić information content (AvgIpc) is 2.83. The Morgan fingerprint density at radius 2 is 1.83 bits per heavy atom. The van der Waals surface area contributed by atoms with Crippen molar-refractivity contribution in [3.63, 3.8) is 0 Å². The number of imide groups is 1. The maximum atomic E-state index is 12.3. The minimum atomic E-state index is -0.176. The summed E-state index contributed by atoms with van der Waals surface area (Å²) < 4.78 is 0. The van der Waals surface area contributed by atoms with Gasteiger partial charge in [0.05, 0.1) is 11.8 Å². The molecule has 0 spiro atoms. The van der Waals surface area contributed by atoms with E-state index in [1.165, 1.54) is 4.90 Å². The highest BCUT2D eigenvalue weighted by atomic mass is 35.5. The van der Waals surface area contributed by atoms with Crippen LogP contribution in [0.3, 0.4) is 0 Å². The van der Waals surface area contributed by atoms with E-state index in [0.29, 0.717) is 11.6 Å². The zero-order valence-electron chi connectivity index (χ0n) is 13.5. The summed E-state index contributed by atoms with van der Waals surface area (Å²) >= 11 is 5.91. The van der Waals surface area contributed by atoms with Crippen molar-refractivity contribution in [1.29, 1.82) is 0 Å². The molecule has 1 N–H and O–H groups in total. The number of carbonyl (C=O) groups excluding carboxylic acids is 3. The summed E-state index contributed by atoms with van der Waals surface area (Å²) in [4.78, 5) is 38.0. The van der Waals surface area contributed by atoms with Crippen LogP contribution >= 0.6 is 11.6 Å². The number of hydrogen-bond donors (Lipinski definition) is 1. The molecule has 2 atom stereocenters. The van der Waals surface area contributed by atoms with Gasteiger partial charge in [-0.1, -0.05) is 36.6 Å². The predicted molar refractivity (Wildman–Crippen MR) is 90.1 cm³/mol. The second kappa shape index (κ2) is 7.34. The Labute approximate surface area is 146 Å². The van der Waals surface area contributed by atoms with Crippen LogP contribution in [0.1, 0.15) is 37.7 Å². The molecular weight excluding hydrogens is 328 g/mol. The van der Waals surface area contributed by atoms with Gasteiger partial charge in [0.25, 0.3) is 0 Å². The van der Waals surface area contributed by atoms with E-state index in [0.717, 1.165) is 31.2 Å². The second-order valence-electron chi connectivity index (χ2n) is 6.48. The van der Waals surface area contributed by atoms with E-state index in [1.54, 1.807) is 12.1 Å². The Balaban J connectivity index is 1.49. The molecule has 0 unspecified atom stereocenters. The number of nitrogens with one attached hydrogen (secondary N) is 1. The number of hydrogen-bond acceptors (Lipinski definition) is 3.